The van der Waals surface area contributed by atoms with Gasteiger partial charge in [0.1, 0.15) is 5.82 Å². The molecule has 0 heterocycles. The van der Waals surface area contributed by atoms with Crippen molar-refractivity contribution in [3.8, 4) is 0 Å². The van der Waals surface area contributed by atoms with E-state index in [0.29, 0.717) is 22.5 Å². The highest BCUT2D eigenvalue weighted by molar-refractivity contribution is 6.00. The van der Waals surface area contributed by atoms with Crippen LogP contribution in [0.4, 0.5) is 15.8 Å². The summed E-state index contributed by atoms with van der Waals surface area (Å²) in [5, 5.41) is 5.60. The van der Waals surface area contributed by atoms with Crippen molar-refractivity contribution in [1.82, 2.24) is 5.32 Å². The number of carbonyl (C=O) groups is 1. The molecule has 2 aromatic rings. The van der Waals surface area contributed by atoms with Crippen LogP contribution in [0.1, 0.15) is 15.9 Å². The Bertz CT molecular complexity index is 628. The molecular weight excluding hydrogens is 257 g/mol. The second kappa shape index (κ2) is 6.06. The molecule has 4 N–H and O–H groups in total. The Kier molecular flexibility index (Phi) is 4.20. The van der Waals surface area contributed by atoms with Gasteiger partial charge >= 0.3 is 0 Å². The lowest BCUT2D eigenvalue weighted by molar-refractivity contribution is 0.0964. The molecule has 20 heavy (non-hydrogen) atoms. The summed E-state index contributed by atoms with van der Waals surface area (Å²) < 4.78 is 13.6. The lowest BCUT2D eigenvalue weighted by Crippen LogP contribution is -2.19. The Morgan fingerprint density at radius 1 is 1.25 bits per heavy atom. The Morgan fingerprint density at radius 2 is 2.00 bits per heavy atom. The number of benzene rings is 2. The van der Waals surface area contributed by atoms with E-state index in [9.17, 15) is 9.18 Å². The summed E-state index contributed by atoms with van der Waals surface area (Å²) in [6, 6.07) is 11.4. The van der Waals surface area contributed by atoms with Gasteiger partial charge in [-0.25, -0.2) is 4.39 Å². The molecule has 0 bridgehead atoms. The molecule has 1 amide bonds. The van der Waals surface area contributed by atoms with Crippen molar-refractivity contribution in [3.05, 3.63) is 59.4 Å². The van der Waals surface area contributed by atoms with Crippen molar-refractivity contribution >= 4 is 17.3 Å². The number of nitrogens with two attached hydrogens (primary N) is 1. The summed E-state index contributed by atoms with van der Waals surface area (Å²) in [6.07, 6.45) is 0. The van der Waals surface area contributed by atoms with Gasteiger partial charge in [-0.1, -0.05) is 18.2 Å². The highest BCUT2D eigenvalue weighted by Crippen LogP contribution is 2.20. The van der Waals surface area contributed by atoms with E-state index in [1.807, 2.05) is 0 Å². The van der Waals surface area contributed by atoms with Gasteiger partial charge in [0.15, 0.2) is 0 Å². The smallest absolute Gasteiger partial charge is 0.253 e. The second-order valence-electron chi connectivity index (χ2n) is 4.33. The maximum atomic E-state index is 13.6. The molecule has 0 aliphatic carbocycles. The minimum Gasteiger partial charge on any atom is -0.399 e. The van der Waals surface area contributed by atoms with Crippen molar-refractivity contribution < 1.29 is 9.18 Å². The fourth-order valence-corrected chi connectivity index (χ4v) is 1.87. The molecule has 5 heteroatoms. The van der Waals surface area contributed by atoms with Crippen LogP contribution in [0.2, 0.25) is 0 Å². The van der Waals surface area contributed by atoms with E-state index in [0.717, 1.165) is 0 Å². The number of hydrogen-bond acceptors (Lipinski definition) is 3. The zero-order valence-corrected chi connectivity index (χ0v) is 11.1. The molecule has 0 aromatic heterocycles. The number of anilines is 2. The summed E-state index contributed by atoms with van der Waals surface area (Å²) >= 11 is 0. The standard InChI is InChI=1S/C15H16FN3O/c1-18-15(20)12-7-6-11(17)8-14(12)19-9-10-4-2-3-5-13(10)16/h2-8,19H,9,17H2,1H3,(H,18,20). The maximum Gasteiger partial charge on any atom is 0.253 e. The van der Waals surface area contributed by atoms with Crippen LogP contribution in [0.5, 0.6) is 0 Å². The van der Waals surface area contributed by atoms with E-state index >= 15 is 0 Å². The van der Waals surface area contributed by atoms with Crippen LogP contribution in [0, 0.1) is 5.82 Å². The van der Waals surface area contributed by atoms with Gasteiger partial charge in [0.25, 0.3) is 5.91 Å². The molecule has 0 unspecified atom stereocenters. The van der Waals surface area contributed by atoms with Crippen LogP contribution in [-0.4, -0.2) is 13.0 Å². The monoisotopic (exact) mass is 273 g/mol. The number of halogens is 1. The van der Waals surface area contributed by atoms with Crippen molar-refractivity contribution in [2.24, 2.45) is 0 Å². The van der Waals surface area contributed by atoms with E-state index < -0.39 is 0 Å². The topological polar surface area (TPSA) is 67.2 Å². The largest absolute Gasteiger partial charge is 0.399 e. The van der Waals surface area contributed by atoms with E-state index in [4.69, 9.17) is 5.73 Å². The summed E-state index contributed by atoms with van der Waals surface area (Å²) in [4.78, 5) is 11.8. The lowest BCUT2D eigenvalue weighted by Gasteiger charge is -2.12. The quantitative estimate of drug-likeness (QED) is 0.749. The second-order valence-corrected chi connectivity index (χ2v) is 4.33. The number of nitrogens with one attached hydrogen (secondary N) is 2. The van der Waals surface area contributed by atoms with Gasteiger partial charge < -0.3 is 16.4 Å². The van der Waals surface area contributed by atoms with Gasteiger partial charge in [0.2, 0.25) is 0 Å². The molecule has 0 atom stereocenters. The van der Waals surface area contributed by atoms with Gasteiger partial charge in [0.05, 0.1) is 5.56 Å². The summed E-state index contributed by atoms with van der Waals surface area (Å²) in [5.74, 6) is -0.508. The minimum absolute atomic E-state index is 0.221. The molecule has 2 aromatic carbocycles. The lowest BCUT2D eigenvalue weighted by atomic mass is 10.1. The average Bonchev–Trinajstić information content (AvgIpc) is 2.46. The molecule has 4 nitrogen and oxygen atoms in total. The molecule has 2 rings (SSSR count). The third-order valence-corrected chi connectivity index (χ3v) is 2.94. The van der Waals surface area contributed by atoms with E-state index in [1.54, 1.807) is 43.4 Å². The van der Waals surface area contributed by atoms with Gasteiger partial charge in [-0.2, -0.15) is 0 Å². The Morgan fingerprint density at radius 3 is 2.70 bits per heavy atom. The van der Waals surface area contributed by atoms with Crippen molar-refractivity contribution in [2.75, 3.05) is 18.1 Å². The summed E-state index contributed by atoms with van der Waals surface area (Å²) in [6.45, 7) is 0.278. The van der Waals surface area contributed by atoms with Crippen molar-refractivity contribution in [1.29, 1.82) is 0 Å². The molecule has 0 spiro atoms. The molecular formula is C15H16FN3O. The predicted octanol–water partition coefficient (Wildman–Crippen LogP) is 2.38. The maximum absolute atomic E-state index is 13.6. The van der Waals surface area contributed by atoms with E-state index in [-0.39, 0.29) is 18.3 Å². The van der Waals surface area contributed by atoms with Crippen LogP contribution in [-0.2, 0) is 6.54 Å². The Balaban J connectivity index is 2.22. The van der Waals surface area contributed by atoms with Crippen LogP contribution in [0.3, 0.4) is 0 Å². The predicted molar refractivity (Wildman–Crippen MR) is 78.0 cm³/mol. The van der Waals surface area contributed by atoms with Crippen LogP contribution in [0.15, 0.2) is 42.5 Å². The van der Waals surface area contributed by atoms with Gasteiger partial charge in [-0.3, -0.25) is 4.79 Å². The molecule has 104 valence electrons. The van der Waals surface area contributed by atoms with Crippen LogP contribution >= 0.6 is 0 Å². The van der Waals surface area contributed by atoms with Gasteiger partial charge in [-0.15, -0.1) is 0 Å². The van der Waals surface area contributed by atoms with Gasteiger partial charge in [-0.05, 0) is 24.3 Å². The van der Waals surface area contributed by atoms with Gasteiger partial charge in [0, 0.05) is 30.5 Å². The normalized spacial score (nSPS) is 10.1. The van der Waals surface area contributed by atoms with Crippen LogP contribution in [0.25, 0.3) is 0 Å². The first-order valence-electron chi connectivity index (χ1n) is 6.20. The molecule has 0 fully saturated rings. The molecule has 0 saturated heterocycles. The Labute approximate surface area is 116 Å². The SMILES string of the molecule is CNC(=O)c1ccc(N)cc1NCc1ccccc1F. The molecule has 0 aliphatic heterocycles. The summed E-state index contributed by atoms with van der Waals surface area (Å²) in [5.41, 5.74) is 7.83. The molecule has 0 radical (unpaired) electrons. The highest BCUT2D eigenvalue weighted by Gasteiger charge is 2.10. The van der Waals surface area contributed by atoms with Crippen molar-refractivity contribution in [2.45, 2.75) is 6.54 Å². The first kappa shape index (κ1) is 13.9. The average molecular weight is 273 g/mol. The Hall–Kier alpha value is -2.56. The minimum atomic E-state index is -0.287. The van der Waals surface area contributed by atoms with Crippen LogP contribution < -0.4 is 16.4 Å². The fraction of sp³-hybridized carbons (Fsp3) is 0.133. The number of carbonyl (C=O) groups excluding carboxylic acids is 1. The fourth-order valence-electron chi connectivity index (χ4n) is 1.87. The zero-order valence-electron chi connectivity index (χ0n) is 11.1. The molecule has 0 aliphatic rings. The number of rotatable bonds is 4. The third-order valence-electron chi connectivity index (χ3n) is 2.94. The third kappa shape index (κ3) is 3.06. The van der Waals surface area contributed by atoms with Crippen molar-refractivity contribution in [3.63, 3.8) is 0 Å². The highest BCUT2D eigenvalue weighted by atomic mass is 19.1. The zero-order chi connectivity index (χ0) is 14.5. The first-order chi connectivity index (χ1) is 9.61. The molecule has 0 saturated carbocycles. The summed E-state index contributed by atoms with van der Waals surface area (Å²) in [7, 11) is 1.55. The number of amides is 1. The number of hydrogen-bond donors (Lipinski definition) is 3. The van der Waals surface area contributed by atoms with E-state index in [2.05, 4.69) is 10.6 Å². The van der Waals surface area contributed by atoms with E-state index in [1.165, 1.54) is 6.07 Å². The number of nitrogen functional groups attached to an aromatic ring is 1. The first-order valence-corrected chi connectivity index (χ1v) is 6.20.